The average molecular weight is 355 g/mol. The van der Waals surface area contributed by atoms with Crippen LogP contribution in [0.1, 0.15) is 10.4 Å². The Bertz CT molecular complexity index is 738. The molecule has 0 heterocycles. The molecule has 0 atom stereocenters. The maximum absolute atomic E-state index is 11.8. The minimum Gasteiger partial charge on any atom is -0.454 e. The average Bonchev–Trinajstić information content (AvgIpc) is 2.50. The second kappa shape index (κ2) is 6.85. The third-order valence-electron chi connectivity index (χ3n) is 2.92. The number of amides is 1. The van der Waals surface area contributed by atoms with Crippen molar-refractivity contribution < 1.29 is 14.5 Å². The van der Waals surface area contributed by atoms with Crippen LogP contribution in [0.3, 0.4) is 0 Å². The number of benzene rings is 2. The lowest BCUT2D eigenvalue weighted by molar-refractivity contribution is -0.384. The minimum atomic E-state index is -0.594. The van der Waals surface area contributed by atoms with E-state index in [0.29, 0.717) is 11.3 Å². The van der Waals surface area contributed by atoms with Crippen LogP contribution in [-0.2, 0) is 0 Å². The molecule has 0 bridgehead atoms. The van der Waals surface area contributed by atoms with E-state index in [2.05, 4.69) is 0 Å². The van der Waals surface area contributed by atoms with E-state index in [9.17, 15) is 14.9 Å². The number of carbonyl (C=O) groups is 1. The van der Waals surface area contributed by atoms with Gasteiger partial charge in [-0.1, -0.05) is 23.2 Å². The largest absolute Gasteiger partial charge is 0.454 e. The smallest absolute Gasteiger partial charge is 0.272 e. The van der Waals surface area contributed by atoms with Crippen molar-refractivity contribution in [2.75, 3.05) is 14.1 Å². The Kier molecular flexibility index (Phi) is 5.08. The van der Waals surface area contributed by atoms with Crippen LogP contribution < -0.4 is 4.74 Å². The molecule has 0 radical (unpaired) electrons. The highest BCUT2D eigenvalue weighted by Crippen LogP contribution is 2.39. The predicted octanol–water partition coefficient (Wildman–Crippen LogP) is 4.40. The topological polar surface area (TPSA) is 72.7 Å². The first-order valence-corrected chi connectivity index (χ1v) is 7.18. The van der Waals surface area contributed by atoms with Gasteiger partial charge in [-0.15, -0.1) is 0 Å². The van der Waals surface area contributed by atoms with E-state index in [0.717, 1.165) is 12.1 Å². The van der Waals surface area contributed by atoms with Crippen molar-refractivity contribution in [3.8, 4) is 11.5 Å². The van der Waals surface area contributed by atoms with Crippen LogP contribution in [0.4, 0.5) is 5.69 Å². The predicted molar refractivity (Wildman–Crippen MR) is 87.6 cm³/mol. The number of carbonyl (C=O) groups excluding carboxylic acids is 1. The van der Waals surface area contributed by atoms with Gasteiger partial charge in [-0.3, -0.25) is 14.9 Å². The summed E-state index contributed by atoms with van der Waals surface area (Å²) in [6, 6.07) is 8.70. The normalized spacial score (nSPS) is 10.3. The quantitative estimate of drug-likeness (QED) is 0.602. The Morgan fingerprint density at radius 3 is 2.09 bits per heavy atom. The summed E-state index contributed by atoms with van der Waals surface area (Å²) in [7, 11) is 3.31. The van der Waals surface area contributed by atoms with Crippen molar-refractivity contribution in [1.82, 2.24) is 4.90 Å². The zero-order valence-electron chi connectivity index (χ0n) is 12.2. The van der Waals surface area contributed by atoms with Gasteiger partial charge >= 0.3 is 0 Å². The summed E-state index contributed by atoms with van der Waals surface area (Å²) in [6.07, 6.45) is 0. The fraction of sp³-hybridized carbons (Fsp3) is 0.133. The summed E-state index contributed by atoms with van der Waals surface area (Å²) in [6.45, 7) is 0. The molecule has 0 unspecified atom stereocenters. The van der Waals surface area contributed by atoms with Crippen LogP contribution >= 0.6 is 23.2 Å². The molecule has 120 valence electrons. The molecule has 0 N–H and O–H groups in total. The number of halogens is 2. The number of nitro groups is 1. The molecule has 2 rings (SSSR count). The molecule has 0 aliphatic rings. The molecule has 0 saturated heterocycles. The van der Waals surface area contributed by atoms with Crippen molar-refractivity contribution in [1.29, 1.82) is 0 Å². The van der Waals surface area contributed by atoms with Crippen LogP contribution in [-0.4, -0.2) is 29.8 Å². The van der Waals surface area contributed by atoms with E-state index in [-0.39, 0.29) is 27.4 Å². The first-order chi connectivity index (χ1) is 10.8. The van der Waals surface area contributed by atoms with Gasteiger partial charge in [0.25, 0.3) is 11.6 Å². The highest BCUT2D eigenvalue weighted by molar-refractivity contribution is 6.37. The van der Waals surface area contributed by atoms with Crippen LogP contribution in [0, 0.1) is 10.1 Å². The summed E-state index contributed by atoms with van der Waals surface area (Å²) in [5, 5.41) is 10.8. The second-order valence-electron chi connectivity index (χ2n) is 4.82. The maximum Gasteiger partial charge on any atom is 0.272 e. The molecule has 0 spiro atoms. The van der Waals surface area contributed by atoms with Crippen molar-refractivity contribution in [2.45, 2.75) is 0 Å². The summed E-state index contributed by atoms with van der Waals surface area (Å²) < 4.78 is 5.56. The van der Waals surface area contributed by atoms with Crippen molar-refractivity contribution in [2.24, 2.45) is 0 Å². The summed E-state index contributed by atoms with van der Waals surface area (Å²) >= 11 is 12.0. The van der Waals surface area contributed by atoms with Crippen LogP contribution in [0.5, 0.6) is 11.5 Å². The summed E-state index contributed by atoms with van der Waals surface area (Å²) in [5.74, 6) is 0.381. The monoisotopic (exact) mass is 354 g/mol. The number of hydrogen-bond acceptors (Lipinski definition) is 4. The summed E-state index contributed by atoms with van der Waals surface area (Å²) in [5.41, 5.74) is 0.280. The van der Waals surface area contributed by atoms with E-state index in [4.69, 9.17) is 27.9 Å². The number of non-ortho nitro benzene ring substituents is 1. The first-order valence-electron chi connectivity index (χ1n) is 6.42. The molecule has 6 nitrogen and oxygen atoms in total. The molecule has 2 aromatic carbocycles. The molecule has 2 aromatic rings. The Morgan fingerprint density at radius 1 is 1.13 bits per heavy atom. The third-order valence-corrected chi connectivity index (χ3v) is 3.48. The number of ether oxygens (including phenoxy) is 1. The SMILES string of the molecule is CN(C)C(=O)c1ccc(Oc2c(Cl)cc([N+](=O)[O-])cc2Cl)cc1. The first kappa shape index (κ1) is 17.1. The zero-order valence-corrected chi connectivity index (χ0v) is 13.8. The lowest BCUT2D eigenvalue weighted by Crippen LogP contribution is -2.21. The van der Waals surface area contributed by atoms with Gasteiger partial charge in [-0.25, -0.2) is 0 Å². The molecule has 0 fully saturated rings. The molecular formula is C15H12Cl2N2O4. The van der Waals surface area contributed by atoms with E-state index < -0.39 is 4.92 Å². The highest BCUT2D eigenvalue weighted by atomic mass is 35.5. The Balaban J connectivity index is 2.26. The fourth-order valence-electron chi connectivity index (χ4n) is 1.79. The maximum atomic E-state index is 11.8. The fourth-order valence-corrected chi connectivity index (χ4v) is 2.34. The van der Waals surface area contributed by atoms with E-state index in [1.807, 2.05) is 0 Å². The summed E-state index contributed by atoms with van der Waals surface area (Å²) in [4.78, 5) is 23.4. The molecular weight excluding hydrogens is 343 g/mol. The van der Waals surface area contributed by atoms with Crippen LogP contribution in [0.2, 0.25) is 10.0 Å². The van der Waals surface area contributed by atoms with Crippen LogP contribution in [0.15, 0.2) is 36.4 Å². The Morgan fingerprint density at radius 2 is 1.65 bits per heavy atom. The van der Waals surface area contributed by atoms with Gasteiger partial charge in [0.05, 0.1) is 15.0 Å². The van der Waals surface area contributed by atoms with Gasteiger partial charge in [-0.2, -0.15) is 0 Å². The molecule has 1 amide bonds. The lowest BCUT2D eigenvalue weighted by atomic mass is 10.2. The van der Waals surface area contributed by atoms with Crippen LogP contribution in [0.25, 0.3) is 0 Å². The lowest BCUT2D eigenvalue weighted by Gasteiger charge is -2.12. The van der Waals surface area contributed by atoms with Crippen molar-refractivity contribution in [3.05, 3.63) is 62.1 Å². The number of hydrogen-bond donors (Lipinski definition) is 0. The molecule has 0 aliphatic heterocycles. The van der Waals surface area contributed by atoms with Crippen molar-refractivity contribution in [3.63, 3.8) is 0 Å². The van der Waals surface area contributed by atoms with E-state index in [1.54, 1.807) is 38.4 Å². The Hall–Kier alpha value is -2.31. The minimum absolute atomic E-state index is 0.0256. The van der Waals surface area contributed by atoms with E-state index >= 15 is 0 Å². The highest BCUT2D eigenvalue weighted by Gasteiger charge is 2.16. The number of nitrogens with zero attached hydrogens (tertiary/aromatic N) is 2. The number of rotatable bonds is 4. The van der Waals surface area contributed by atoms with Gasteiger partial charge in [-0.05, 0) is 24.3 Å². The van der Waals surface area contributed by atoms with Gasteiger partial charge < -0.3 is 9.64 Å². The molecule has 0 aliphatic carbocycles. The molecule has 8 heteroatoms. The second-order valence-corrected chi connectivity index (χ2v) is 5.64. The molecule has 0 aromatic heterocycles. The van der Waals surface area contributed by atoms with E-state index in [1.165, 1.54) is 4.90 Å². The van der Waals surface area contributed by atoms with Gasteiger partial charge in [0, 0.05) is 31.8 Å². The molecule has 23 heavy (non-hydrogen) atoms. The van der Waals surface area contributed by atoms with Crippen molar-refractivity contribution >= 4 is 34.8 Å². The standard InChI is InChI=1S/C15H12Cl2N2O4/c1-18(2)15(20)9-3-5-11(6-4-9)23-14-12(16)7-10(19(21)22)8-13(14)17/h3-8H,1-2H3. The zero-order chi connectivity index (χ0) is 17.1. The third kappa shape index (κ3) is 3.91. The number of nitro benzene ring substituents is 1. The van der Waals surface area contributed by atoms with Gasteiger partial charge in [0.1, 0.15) is 5.75 Å². The van der Waals surface area contributed by atoms with Gasteiger partial charge in [0.2, 0.25) is 0 Å². The Labute approximate surface area is 142 Å². The van der Waals surface area contributed by atoms with Gasteiger partial charge in [0.15, 0.2) is 5.75 Å². The molecule has 0 saturated carbocycles.